The standard InChI is InChI=1S/C12H16Cl2FNO/c1-3-8(6-17)16-7(2)9-4-12(15)11(14)5-10(9)13/h4-5,7-8,16-17H,3,6H2,1-2H3. The molecule has 2 atom stereocenters. The maximum absolute atomic E-state index is 13.4. The molecule has 0 saturated heterocycles. The van der Waals surface area contributed by atoms with Crippen LogP contribution in [0.2, 0.25) is 10.0 Å². The Hall–Kier alpha value is -0.350. The summed E-state index contributed by atoms with van der Waals surface area (Å²) in [6.45, 7) is 3.87. The fourth-order valence-corrected chi connectivity index (χ4v) is 2.16. The molecule has 0 aliphatic carbocycles. The molecule has 0 radical (unpaired) electrons. The van der Waals surface area contributed by atoms with Gasteiger partial charge in [-0.15, -0.1) is 0 Å². The molecule has 2 nitrogen and oxygen atoms in total. The summed E-state index contributed by atoms with van der Waals surface area (Å²) in [7, 11) is 0. The van der Waals surface area contributed by atoms with Crippen molar-refractivity contribution >= 4 is 23.2 Å². The first-order valence-electron chi connectivity index (χ1n) is 5.50. The van der Waals surface area contributed by atoms with E-state index in [4.69, 9.17) is 28.3 Å². The van der Waals surface area contributed by atoms with Crippen LogP contribution in [0.3, 0.4) is 0 Å². The van der Waals surface area contributed by atoms with Gasteiger partial charge in [-0.2, -0.15) is 0 Å². The molecule has 0 fully saturated rings. The zero-order valence-corrected chi connectivity index (χ0v) is 11.3. The Morgan fingerprint density at radius 3 is 2.53 bits per heavy atom. The minimum atomic E-state index is -0.489. The SMILES string of the molecule is CCC(CO)NC(C)c1cc(F)c(Cl)cc1Cl. The molecule has 5 heteroatoms. The van der Waals surface area contributed by atoms with Crippen molar-refractivity contribution in [2.45, 2.75) is 32.4 Å². The van der Waals surface area contributed by atoms with E-state index in [0.29, 0.717) is 10.6 Å². The molecule has 2 unspecified atom stereocenters. The van der Waals surface area contributed by atoms with Gasteiger partial charge in [0.15, 0.2) is 0 Å². The van der Waals surface area contributed by atoms with Crippen LogP contribution in [0.4, 0.5) is 4.39 Å². The Balaban J connectivity index is 2.88. The molecule has 0 amide bonds. The van der Waals surface area contributed by atoms with Crippen molar-refractivity contribution in [3.05, 3.63) is 33.6 Å². The molecule has 1 aromatic rings. The first-order valence-corrected chi connectivity index (χ1v) is 6.26. The normalized spacial score (nSPS) is 14.7. The number of aliphatic hydroxyl groups is 1. The monoisotopic (exact) mass is 279 g/mol. The lowest BCUT2D eigenvalue weighted by Gasteiger charge is -2.21. The smallest absolute Gasteiger partial charge is 0.142 e. The first kappa shape index (κ1) is 14.7. The first-order chi connectivity index (χ1) is 7.99. The predicted molar refractivity (Wildman–Crippen MR) is 69.1 cm³/mol. The minimum Gasteiger partial charge on any atom is -0.395 e. The Morgan fingerprint density at radius 1 is 1.35 bits per heavy atom. The predicted octanol–water partition coefficient (Wildman–Crippen LogP) is 3.55. The minimum absolute atomic E-state index is 0.0140. The van der Waals surface area contributed by atoms with Gasteiger partial charge in [-0.25, -0.2) is 4.39 Å². The van der Waals surface area contributed by atoms with Gasteiger partial charge in [-0.3, -0.25) is 0 Å². The van der Waals surface area contributed by atoms with Crippen molar-refractivity contribution in [2.24, 2.45) is 0 Å². The maximum Gasteiger partial charge on any atom is 0.142 e. The number of aliphatic hydroxyl groups excluding tert-OH is 1. The zero-order chi connectivity index (χ0) is 13.0. The van der Waals surface area contributed by atoms with Crippen LogP contribution < -0.4 is 5.32 Å². The summed E-state index contributed by atoms with van der Waals surface area (Å²) in [6, 6.07) is 2.55. The van der Waals surface area contributed by atoms with Crippen LogP contribution in [-0.4, -0.2) is 17.8 Å². The summed E-state index contributed by atoms with van der Waals surface area (Å²) in [6.07, 6.45) is 0.786. The molecule has 96 valence electrons. The Kier molecular flexibility index (Phi) is 5.67. The van der Waals surface area contributed by atoms with Crippen LogP contribution in [0.15, 0.2) is 12.1 Å². The van der Waals surface area contributed by atoms with Gasteiger partial charge in [-0.1, -0.05) is 30.1 Å². The number of hydrogen-bond acceptors (Lipinski definition) is 2. The molecule has 17 heavy (non-hydrogen) atoms. The third-order valence-corrected chi connectivity index (χ3v) is 3.32. The molecule has 0 aromatic heterocycles. The lowest BCUT2D eigenvalue weighted by atomic mass is 10.1. The van der Waals surface area contributed by atoms with Crippen molar-refractivity contribution in [1.29, 1.82) is 0 Å². The van der Waals surface area contributed by atoms with Crippen LogP contribution in [0, 0.1) is 5.82 Å². The van der Waals surface area contributed by atoms with Gasteiger partial charge in [0, 0.05) is 17.1 Å². The van der Waals surface area contributed by atoms with Gasteiger partial charge in [-0.05, 0) is 31.0 Å². The largest absolute Gasteiger partial charge is 0.395 e. The van der Waals surface area contributed by atoms with Gasteiger partial charge < -0.3 is 10.4 Å². The third-order valence-electron chi connectivity index (χ3n) is 2.70. The number of benzene rings is 1. The zero-order valence-electron chi connectivity index (χ0n) is 9.80. The van der Waals surface area contributed by atoms with E-state index in [0.717, 1.165) is 6.42 Å². The topological polar surface area (TPSA) is 32.3 Å². The Labute approximate surface area is 111 Å². The van der Waals surface area contributed by atoms with E-state index >= 15 is 0 Å². The quantitative estimate of drug-likeness (QED) is 0.808. The second-order valence-electron chi connectivity index (χ2n) is 3.96. The molecule has 0 bridgehead atoms. The molecule has 0 heterocycles. The average molecular weight is 280 g/mol. The molecule has 1 rings (SSSR count). The number of halogens is 3. The van der Waals surface area contributed by atoms with Gasteiger partial charge in [0.05, 0.1) is 11.6 Å². The molecule has 0 aliphatic rings. The summed E-state index contributed by atoms with van der Waals surface area (Å²) in [5.41, 5.74) is 0.639. The van der Waals surface area contributed by atoms with Crippen LogP contribution in [-0.2, 0) is 0 Å². The summed E-state index contributed by atoms with van der Waals surface area (Å²) in [4.78, 5) is 0. The van der Waals surface area contributed by atoms with E-state index in [-0.39, 0.29) is 23.7 Å². The number of hydrogen-bond donors (Lipinski definition) is 2. The van der Waals surface area contributed by atoms with E-state index in [9.17, 15) is 4.39 Å². The highest BCUT2D eigenvalue weighted by molar-refractivity contribution is 6.35. The lowest BCUT2D eigenvalue weighted by Crippen LogP contribution is -2.34. The van der Waals surface area contributed by atoms with Crippen LogP contribution in [0.1, 0.15) is 31.9 Å². The van der Waals surface area contributed by atoms with E-state index in [2.05, 4.69) is 5.32 Å². The highest BCUT2D eigenvalue weighted by atomic mass is 35.5. The van der Waals surface area contributed by atoms with E-state index in [1.54, 1.807) is 0 Å². The van der Waals surface area contributed by atoms with Gasteiger partial charge in [0.2, 0.25) is 0 Å². The molecule has 0 spiro atoms. The fourth-order valence-electron chi connectivity index (χ4n) is 1.61. The van der Waals surface area contributed by atoms with Crippen molar-refractivity contribution in [2.75, 3.05) is 6.61 Å². The van der Waals surface area contributed by atoms with Gasteiger partial charge in [0.1, 0.15) is 5.82 Å². The molecule has 0 aliphatic heterocycles. The van der Waals surface area contributed by atoms with Crippen molar-refractivity contribution in [1.82, 2.24) is 5.32 Å². The van der Waals surface area contributed by atoms with E-state index in [1.807, 2.05) is 13.8 Å². The number of rotatable bonds is 5. The second kappa shape index (κ2) is 6.55. The molecular weight excluding hydrogens is 264 g/mol. The van der Waals surface area contributed by atoms with Crippen molar-refractivity contribution in [3.8, 4) is 0 Å². The summed E-state index contributed by atoms with van der Waals surface area (Å²) in [5.74, 6) is -0.489. The van der Waals surface area contributed by atoms with Crippen molar-refractivity contribution < 1.29 is 9.50 Å². The molecular formula is C12H16Cl2FNO. The molecule has 1 aromatic carbocycles. The van der Waals surface area contributed by atoms with E-state index < -0.39 is 5.82 Å². The van der Waals surface area contributed by atoms with Crippen LogP contribution >= 0.6 is 23.2 Å². The summed E-state index contributed by atoms with van der Waals surface area (Å²) >= 11 is 11.6. The number of nitrogens with one attached hydrogen (secondary N) is 1. The van der Waals surface area contributed by atoms with Gasteiger partial charge >= 0.3 is 0 Å². The Bertz CT molecular complexity index is 383. The third kappa shape index (κ3) is 3.81. The summed E-state index contributed by atoms with van der Waals surface area (Å²) in [5, 5.41) is 12.7. The van der Waals surface area contributed by atoms with Crippen molar-refractivity contribution in [3.63, 3.8) is 0 Å². The van der Waals surface area contributed by atoms with E-state index in [1.165, 1.54) is 12.1 Å². The maximum atomic E-state index is 13.4. The van der Waals surface area contributed by atoms with Gasteiger partial charge in [0.25, 0.3) is 0 Å². The van der Waals surface area contributed by atoms with Crippen LogP contribution in [0.5, 0.6) is 0 Å². The average Bonchev–Trinajstić information content (AvgIpc) is 2.30. The molecule has 0 saturated carbocycles. The lowest BCUT2D eigenvalue weighted by molar-refractivity contribution is 0.230. The van der Waals surface area contributed by atoms with Crippen LogP contribution in [0.25, 0.3) is 0 Å². The summed E-state index contributed by atoms with van der Waals surface area (Å²) < 4.78 is 13.4. The fraction of sp³-hybridized carbons (Fsp3) is 0.500. The Morgan fingerprint density at radius 2 is 2.00 bits per heavy atom. The highest BCUT2D eigenvalue weighted by Crippen LogP contribution is 2.28. The highest BCUT2D eigenvalue weighted by Gasteiger charge is 2.16. The molecule has 2 N–H and O–H groups in total. The second-order valence-corrected chi connectivity index (χ2v) is 4.78.